The Kier molecular flexibility index (Phi) is 4.58. The number of nitrogens with zero attached hydrogens (tertiary/aromatic N) is 4. The zero-order valence-electron chi connectivity index (χ0n) is 13.4. The van der Waals surface area contributed by atoms with Crippen LogP contribution in [0.1, 0.15) is 24.5 Å². The predicted octanol–water partition coefficient (Wildman–Crippen LogP) is 0.862. The molecule has 0 radical (unpaired) electrons. The van der Waals surface area contributed by atoms with Crippen molar-refractivity contribution >= 4 is 17.5 Å². The molecule has 1 amide bonds. The Hall–Kier alpha value is -1.96. The largest absolute Gasteiger partial charge is 0.382 e. The van der Waals surface area contributed by atoms with Crippen molar-refractivity contribution in [1.29, 1.82) is 0 Å². The van der Waals surface area contributed by atoms with Gasteiger partial charge in [-0.15, -0.1) is 0 Å². The minimum Gasteiger partial charge on any atom is -0.382 e. The van der Waals surface area contributed by atoms with Gasteiger partial charge in [-0.05, 0) is 32.0 Å². The number of nitrogens with two attached hydrogens (primary N) is 1. The van der Waals surface area contributed by atoms with Gasteiger partial charge in [0.1, 0.15) is 5.60 Å². The zero-order valence-corrected chi connectivity index (χ0v) is 14.2. The van der Waals surface area contributed by atoms with Crippen molar-refractivity contribution in [3.8, 4) is 5.69 Å². The number of benzene rings is 1. The van der Waals surface area contributed by atoms with Crippen LogP contribution in [0.5, 0.6) is 0 Å². The molecule has 1 fully saturated rings. The number of carbonyl (C=O) groups excluding carboxylic acids is 1. The van der Waals surface area contributed by atoms with Gasteiger partial charge in [-0.1, -0.05) is 23.7 Å². The van der Waals surface area contributed by atoms with Gasteiger partial charge in [0.05, 0.1) is 17.1 Å². The highest BCUT2D eigenvalue weighted by Crippen LogP contribution is 2.33. The summed E-state index contributed by atoms with van der Waals surface area (Å²) in [6, 6.07) is 7.19. The molecule has 1 aromatic carbocycles. The molecule has 24 heavy (non-hydrogen) atoms. The first kappa shape index (κ1) is 16.9. The van der Waals surface area contributed by atoms with Crippen LogP contribution in [-0.4, -0.2) is 50.8 Å². The normalized spacial score (nSPS) is 17.8. The average molecular weight is 350 g/mol. The third-order valence-electron chi connectivity index (χ3n) is 4.29. The van der Waals surface area contributed by atoms with Gasteiger partial charge >= 0.3 is 0 Å². The van der Waals surface area contributed by atoms with E-state index in [4.69, 9.17) is 17.3 Å². The number of para-hydroxylation sites is 1. The van der Waals surface area contributed by atoms with Crippen molar-refractivity contribution in [2.75, 3.05) is 20.1 Å². The SMILES string of the molecule is CN1CCC(O)(c2nc(CC(N)=O)nn2-c2ccccc2Cl)CC1. The Morgan fingerprint density at radius 3 is 2.67 bits per heavy atom. The fourth-order valence-corrected chi connectivity index (χ4v) is 3.11. The molecule has 8 heteroatoms. The van der Waals surface area contributed by atoms with Crippen LogP contribution in [0.3, 0.4) is 0 Å². The van der Waals surface area contributed by atoms with Gasteiger partial charge in [-0.2, -0.15) is 5.10 Å². The minimum absolute atomic E-state index is 0.0829. The maximum absolute atomic E-state index is 11.2. The first-order valence-corrected chi connectivity index (χ1v) is 8.17. The Balaban J connectivity index is 2.08. The lowest BCUT2D eigenvalue weighted by Crippen LogP contribution is -2.42. The quantitative estimate of drug-likeness (QED) is 0.853. The van der Waals surface area contributed by atoms with Gasteiger partial charge in [0.15, 0.2) is 11.6 Å². The summed E-state index contributed by atoms with van der Waals surface area (Å²) in [6.07, 6.45) is 0.978. The summed E-state index contributed by atoms with van der Waals surface area (Å²) in [5, 5.41) is 16.0. The molecule has 1 aromatic heterocycles. The van der Waals surface area contributed by atoms with Crippen molar-refractivity contribution in [2.24, 2.45) is 5.73 Å². The number of aromatic nitrogens is 3. The molecule has 7 nitrogen and oxygen atoms in total. The lowest BCUT2D eigenvalue weighted by Gasteiger charge is -2.35. The number of primary amides is 1. The number of halogens is 1. The molecule has 0 unspecified atom stereocenters. The number of carbonyl (C=O) groups is 1. The summed E-state index contributed by atoms with van der Waals surface area (Å²) in [7, 11) is 2.01. The molecule has 1 saturated heterocycles. The monoisotopic (exact) mass is 349 g/mol. The third kappa shape index (κ3) is 3.28. The van der Waals surface area contributed by atoms with Gasteiger partial charge in [-0.25, -0.2) is 9.67 Å². The molecule has 0 aliphatic carbocycles. The summed E-state index contributed by atoms with van der Waals surface area (Å²) < 4.78 is 1.53. The molecule has 0 bridgehead atoms. The lowest BCUT2D eigenvalue weighted by molar-refractivity contribution is -0.117. The second-order valence-corrected chi connectivity index (χ2v) is 6.60. The number of amides is 1. The van der Waals surface area contributed by atoms with E-state index in [2.05, 4.69) is 15.0 Å². The van der Waals surface area contributed by atoms with Crippen molar-refractivity contribution in [2.45, 2.75) is 24.9 Å². The number of likely N-dealkylation sites (tertiary alicyclic amines) is 1. The van der Waals surface area contributed by atoms with E-state index in [0.717, 1.165) is 13.1 Å². The van der Waals surface area contributed by atoms with Crippen molar-refractivity contribution < 1.29 is 9.90 Å². The van der Waals surface area contributed by atoms with E-state index in [9.17, 15) is 9.90 Å². The molecule has 2 aromatic rings. The van der Waals surface area contributed by atoms with Crippen LogP contribution >= 0.6 is 11.6 Å². The molecular weight excluding hydrogens is 330 g/mol. The van der Waals surface area contributed by atoms with Crippen molar-refractivity contribution in [1.82, 2.24) is 19.7 Å². The van der Waals surface area contributed by atoms with Gasteiger partial charge in [0.25, 0.3) is 0 Å². The molecular formula is C16H20ClN5O2. The fourth-order valence-electron chi connectivity index (χ4n) is 2.89. The highest BCUT2D eigenvalue weighted by atomic mass is 35.5. The van der Waals surface area contributed by atoms with Crippen LogP contribution in [-0.2, 0) is 16.8 Å². The Morgan fingerprint density at radius 1 is 1.38 bits per heavy atom. The second-order valence-electron chi connectivity index (χ2n) is 6.19. The number of piperidine rings is 1. The Labute approximate surface area is 145 Å². The Bertz CT molecular complexity index is 753. The standard InChI is InChI=1S/C16H20ClN5O2/c1-21-8-6-16(24,7-9-21)15-19-14(10-13(18)23)20-22(15)12-5-3-2-4-11(12)17/h2-5,24H,6-10H2,1H3,(H2,18,23). The third-order valence-corrected chi connectivity index (χ3v) is 4.61. The van der Waals surface area contributed by atoms with Crippen molar-refractivity contribution in [3.63, 3.8) is 0 Å². The number of hydrogen-bond acceptors (Lipinski definition) is 5. The maximum atomic E-state index is 11.2. The second kappa shape index (κ2) is 6.51. The fraction of sp³-hybridized carbons (Fsp3) is 0.438. The average Bonchev–Trinajstić information content (AvgIpc) is 2.94. The maximum Gasteiger partial charge on any atom is 0.225 e. The molecule has 0 atom stereocenters. The summed E-state index contributed by atoms with van der Waals surface area (Å²) in [5.74, 6) is 0.165. The smallest absolute Gasteiger partial charge is 0.225 e. The highest BCUT2D eigenvalue weighted by molar-refractivity contribution is 6.32. The minimum atomic E-state index is -1.12. The molecule has 0 saturated carbocycles. The van der Waals surface area contributed by atoms with Crippen LogP contribution in [0.15, 0.2) is 24.3 Å². The van der Waals surface area contributed by atoms with E-state index in [1.807, 2.05) is 19.2 Å². The molecule has 3 rings (SSSR count). The molecule has 128 valence electrons. The van der Waals surface area contributed by atoms with Crippen molar-refractivity contribution in [3.05, 3.63) is 40.9 Å². The van der Waals surface area contributed by atoms with Gasteiger partial charge in [-0.3, -0.25) is 4.79 Å². The summed E-state index contributed by atoms with van der Waals surface area (Å²) in [5.41, 5.74) is 4.76. The zero-order chi connectivity index (χ0) is 17.3. The van der Waals surface area contributed by atoms with Gasteiger partial charge in [0, 0.05) is 13.1 Å². The van der Waals surface area contributed by atoms with Crippen LogP contribution in [0.2, 0.25) is 5.02 Å². The van der Waals surface area contributed by atoms with E-state index < -0.39 is 11.5 Å². The van der Waals surface area contributed by atoms with E-state index in [1.54, 1.807) is 12.1 Å². The molecule has 1 aliphatic heterocycles. The summed E-state index contributed by atoms with van der Waals surface area (Å²) in [4.78, 5) is 17.8. The van der Waals surface area contributed by atoms with Gasteiger partial charge in [0.2, 0.25) is 5.91 Å². The first-order chi connectivity index (χ1) is 11.4. The highest BCUT2D eigenvalue weighted by Gasteiger charge is 2.38. The van der Waals surface area contributed by atoms with E-state index in [-0.39, 0.29) is 12.2 Å². The van der Waals surface area contributed by atoms with Gasteiger partial charge < -0.3 is 15.7 Å². The van der Waals surface area contributed by atoms with E-state index in [0.29, 0.717) is 29.4 Å². The first-order valence-electron chi connectivity index (χ1n) is 7.79. The summed E-state index contributed by atoms with van der Waals surface area (Å²) in [6.45, 7) is 1.49. The Morgan fingerprint density at radius 2 is 2.04 bits per heavy atom. The number of aliphatic hydroxyl groups is 1. The molecule has 0 spiro atoms. The number of rotatable bonds is 4. The van der Waals surface area contributed by atoms with Crippen LogP contribution in [0.4, 0.5) is 0 Å². The molecule has 2 heterocycles. The molecule has 1 aliphatic rings. The van der Waals surface area contributed by atoms with Crippen LogP contribution in [0.25, 0.3) is 5.69 Å². The topological polar surface area (TPSA) is 97.3 Å². The van der Waals surface area contributed by atoms with E-state index >= 15 is 0 Å². The molecule has 3 N–H and O–H groups in total. The van der Waals surface area contributed by atoms with Crippen LogP contribution < -0.4 is 5.73 Å². The predicted molar refractivity (Wildman–Crippen MR) is 89.9 cm³/mol. The van der Waals surface area contributed by atoms with Crippen LogP contribution in [0, 0.1) is 0 Å². The lowest BCUT2D eigenvalue weighted by atomic mass is 9.90. The number of hydrogen-bond donors (Lipinski definition) is 2. The summed E-state index contributed by atoms with van der Waals surface area (Å²) >= 11 is 6.28. The van der Waals surface area contributed by atoms with E-state index in [1.165, 1.54) is 4.68 Å².